The van der Waals surface area contributed by atoms with Gasteiger partial charge >= 0.3 is 0 Å². The summed E-state index contributed by atoms with van der Waals surface area (Å²) in [4.78, 5) is 28.3. The number of rotatable bonds is 4. The zero-order chi connectivity index (χ0) is 18.5. The van der Waals surface area contributed by atoms with Crippen molar-refractivity contribution in [1.29, 1.82) is 0 Å². The molecule has 0 bridgehead atoms. The van der Waals surface area contributed by atoms with Crippen LogP contribution in [0.4, 0.5) is 0 Å². The van der Waals surface area contributed by atoms with Gasteiger partial charge < -0.3 is 10.2 Å². The van der Waals surface area contributed by atoms with Gasteiger partial charge in [0.2, 0.25) is 0 Å². The van der Waals surface area contributed by atoms with Gasteiger partial charge in [-0.15, -0.1) is 5.10 Å². The van der Waals surface area contributed by atoms with Crippen LogP contribution in [-0.4, -0.2) is 39.4 Å². The number of aryl methyl sites for hydroxylation is 1. The lowest BCUT2D eigenvalue weighted by Gasteiger charge is -2.28. The Labute approximate surface area is 164 Å². The number of aromatic nitrogens is 2. The van der Waals surface area contributed by atoms with Gasteiger partial charge in [0.05, 0.1) is 15.1 Å². The number of amides is 2. The second-order valence-corrected chi connectivity index (χ2v) is 7.60. The molecule has 2 aromatic rings. The number of benzene rings is 1. The third kappa shape index (κ3) is 4.19. The lowest BCUT2D eigenvalue weighted by atomic mass is 10.1. The summed E-state index contributed by atoms with van der Waals surface area (Å²) in [5.41, 5.74) is 1.44. The molecular formula is C18H19BrN4O2S. The third-order valence-electron chi connectivity index (χ3n) is 4.20. The first-order chi connectivity index (χ1) is 12.6. The van der Waals surface area contributed by atoms with Crippen LogP contribution in [0.1, 0.15) is 40.2 Å². The van der Waals surface area contributed by atoms with Crippen molar-refractivity contribution in [3.8, 4) is 0 Å². The molecule has 1 fully saturated rings. The molecule has 26 heavy (non-hydrogen) atoms. The third-order valence-corrected chi connectivity index (χ3v) is 6.10. The fourth-order valence-electron chi connectivity index (χ4n) is 2.78. The van der Waals surface area contributed by atoms with Gasteiger partial charge in [-0.25, -0.2) is 0 Å². The van der Waals surface area contributed by atoms with Crippen molar-refractivity contribution in [1.82, 2.24) is 19.8 Å². The van der Waals surface area contributed by atoms with Crippen molar-refractivity contribution in [3.63, 3.8) is 0 Å². The van der Waals surface area contributed by atoms with Crippen LogP contribution in [0.2, 0.25) is 0 Å². The molecule has 6 nitrogen and oxygen atoms in total. The molecule has 0 radical (unpaired) electrons. The molecule has 136 valence electrons. The summed E-state index contributed by atoms with van der Waals surface area (Å²) in [7, 11) is 0. The number of likely N-dealkylation sites (tertiary alicyclic amines) is 1. The smallest absolute Gasteiger partial charge is 0.271 e. The molecule has 1 aliphatic rings. The molecule has 1 saturated heterocycles. The molecule has 0 saturated carbocycles. The number of hydrogen-bond donors (Lipinski definition) is 1. The van der Waals surface area contributed by atoms with E-state index in [9.17, 15) is 9.59 Å². The summed E-state index contributed by atoms with van der Waals surface area (Å²) in [5, 5.41) is 6.80. The highest BCUT2D eigenvalue weighted by Gasteiger charge is 2.26. The van der Waals surface area contributed by atoms with Crippen LogP contribution in [0.25, 0.3) is 4.48 Å². The predicted octanol–water partition coefficient (Wildman–Crippen LogP) is 3.35. The van der Waals surface area contributed by atoms with Gasteiger partial charge in [0, 0.05) is 18.7 Å². The fraction of sp³-hybridized carbons (Fsp3) is 0.333. The van der Waals surface area contributed by atoms with Gasteiger partial charge in [-0.05, 0) is 65.8 Å². The lowest BCUT2D eigenvalue weighted by molar-refractivity contribution is -0.128. The Morgan fingerprint density at radius 3 is 2.46 bits per heavy atom. The molecule has 0 aliphatic carbocycles. The number of carbonyl (C=O) groups is 2. The first-order valence-electron chi connectivity index (χ1n) is 8.42. The minimum absolute atomic E-state index is 0.186. The molecule has 1 N–H and O–H groups in total. The van der Waals surface area contributed by atoms with Crippen LogP contribution in [0.5, 0.6) is 0 Å². The number of halogens is 1. The van der Waals surface area contributed by atoms with E-state index in [1.165, 1.54) is 11.5 Å². The molecular weight excluding hydrogens is 416 g/mol. The van der Waals surface area contributed by atoms with E-state index in [1.54, 1.807) is 29.2 Å². The van der Waals surface area contributed by atoms with E-state index in [-0.39, 0.29) is 17.5 Å². The van der Waals surface area contributed by atoms with Gasteiger partial charge in [-0.3, -0.25) is 9.59 Å². The van der Waals surface area contributed by atoms with E-state index in [2.05, 4.69) is 30.8 Å². The van der Waals surface area contributed by atoms with E-state index in [0.717, 1.165) is 24.1 Å². The van der Waals surface area contributed by atoms with Gasteiger partial charge in [0.15, 0.2) is 0 Å². The van der Waals surface area contributed by atoms with Crippen LogP contribution in [0.15, 0.2) is 36.0 Å². The maximum absolute atomic E-state index is 13.1. The fourth-order valence-corrected chi connectivity index (χ4v) is 4.15. The second kappa shape index (κ2) is 8.55. The van der Waals surface area contributed by atoms with Crippen molar-refractivity contribution in [2.75, 3.05) is 13.1 Å². The van der Waals surface area contributed by atoms with Crippen LogP contribution >= 0.6 is 27.5 Å². The van der Waals surface area contributed by atoms with Gasteiger partial charge in [0.25, 0.3) is 11.8 Å². The Morgan fingerprint density at radius 2 is 1.85 bits per heavy atom. The maximum Gasteiger partial charge on any atom is 0.271 e. The first-order valence-corrected chi connectivity index (χ1v) is 9.99. The van der Waals surface area contributed by atoms with E-state index in [4.69, 9.17) is 0 Å². The molecule has 1 aromatic heterocycles. The quantitative estimate of drug-likeness (QED) is 0.748. The van der Waals surface area contributed by atoms with Crippen molar-refractivity contribution in [3.05, 3.63) is 52.2 Å². The Morgan fingerprint density at radius 1 is 1.15 bits per heavy atom. The zero-order valence-corrected chi connectivity index (χ0v) is 16.8. The monoisotopic (exact) mass is 434 g/mol. The molecule has 0 atom stereocenters. The van der Waals surface area contributed by atoms with E-state index in [1.807, 2.05) is 13.0 Å². The molecule has 1 aromatic carbocycles. The van der Waals surface area contributed by atoms with Crippen molar-refractivity contribution < 1.29 is 9.59 Å². The number of nitrogens with one attached hydrogen (secondary N) is 1. The maximum atomic E-state index is 13.1. The van der Waals surface area contributed by atoms with Crippen LogP contribution in [0.3, 0.4) is 0 Å². The first kappa shape index (κ1) is 18.7. The van der Waals surface area contributed by atoms with E-state index in [0.29, 0.717) is 28.8 Å². The van der Waals surface area contributed by atoms with Crippen molar-refractivity contribution in [2.24, 2.45) is 0 Å². The van der Waals surface area contributed by atoms with Crippen LogP contribution in [-0.2, 0) is 4.79 Å². The number of hydrogen-bond acceptors (Lipinski definition) is 5. The van der Waals surface area contributed by atoms with Gasteiger partial charge in [-0.1, -0.05) is 22.7 Å². The topological polar surface area (TPSA) is 75.2 Å². The molecule has 8 heteroatoms. The van der Waals surface area contributed by atoms with Crippen molar-refractivity contribution >= 4 is 43.8 Å². The van der Waals surface area contributed by atoms with Crippen LogP contribution < -0.4 is 5.32 Å². The summed E-state index contributed by atoms with van der Waals surface area (Å²) in [6.45, 7) is 3.22. The molecule has 1 aliphatic heterocycles. The average Bonchev–Trinajstić information content (AvgIpc) is 3.12. The number of piperidine rings is 1. The van der Waals surface area contributed by atoms with Gasteiger partial charge in [-0.2, -0.15) is 0 Å². The Balaban J connectivity index is 1.94. The molecule has 2 heterocycles. The minimum atomic E-state index is -0.321. The predicted molar refractivity (Wildman–Crippen MR) is 105 cm³/mol. The highest BCUT2D eigenvalue weighted by atomic mass is 79.9. The molecule has 2 amide bonds. The second-order valence-electron chi connectivity index (χ2n) is 6.05. The zero-order valence-electron chi connectivity index (χ0n) is 14.4. The lowest BCUT2D eigenvalue weighted by Crippen LogP contribution is -2.41. The molecule has 0 spiro atoms. The highest BCUT2D eigenvalue weighted by Crippen LogP contribution is 2.30. The largest absolute Gasteiger partial charge is 0.337 e. The summed E-state index contributed by atoms with van der Waals surface area (Å²) >= 11 is 4.68. The Kier molecular flexibility index (Phi) is 6.16. The van der Waals surface area contributed by atoms with E-state index >= 15 is 0 Å². The van der Waals surface area contributed by atoms with E-state index < -0.39 is 0 Å². The molecule has 0 unspecified atom stereocenters. The highest BCUT2D eigenvalue weighted by molar-refractivity contribution is 9.15. The SMILES string of the molecule is Cc1nnsc1/C(Br)=C(/NC(=O)c1ccccc1)C(=O)N1CCCCC1. The van der Waals surface area contributed by atoms with Crippen molar-refractivity contribution in [2.45, 2.75) is 26.2 Å². The number of carbonyl (C=O) groups excluding carboxylic acids is 2. The summed E-state index contributed by atoms with van der Waals surface area (Å²) in [5.74, 6) is -0.508. The Hall–Kier alpha value is -2.06. The summed E-state index contributed by atoms with van der Waals surface area (Å²) in [6.07, 6.45) is 3.08. The number of nitrogens with zero attached hydrogens (tertiary/aromatic N) is 3. The normalized spacial score (nSPS) is 15.4. The van der Waals surface area contributed by atoms with Crippen LogP contribution in [0, 0.1) is 6.92 Å². The average molecular weight is 435 g/mol. The summed E-state index contributed by atoms with van der Waals surface area (Å²) < 4.78 is 4.44. The summed E-state index contributed by atoms with van der Waals surface area (Å²) in [6, 6.07) is 8.85. The van der Waals surface area contributed by atoms with Gasteiger partial charge in [0.1, 0.15) is 5.70 Å². The Bertz CT molecular complexity index is 829. The minimum Gasteiger partial charge on any atom is -0.337 e. The standard InChI is InChI=1S/C18H19BrN4O2S/c1-12-16(26-22-21-12)14(19)15(18(25)23-10-6-3-7-11-23)20-17(24)13-8-4-2-5-9-13/h2,4-5,8-9H,3,6-7,10-11H2,1H3,(H,20,24)/b15-14-. The molecule has 3 rings (SSSR count).